The molecule has 0 bridgehead atoms. The number of hydrogen-bond donors (Lipinski definition) is 3. The number of benzene rings is 1. The molecule has 2 aromatic heterocycles. The molecular weight excluding hydrogens is 435 g/mol. The van der Waals surface area contributed by atoms with E-state index in [1.165, 1.54) is 12.1 Å². The van der Waals surface area contributed by atoms with E-state index in [9.17, 15) is 18.3 Å². The molecule has 0 spiro atoms. The number of aromatic nitrogens is 3. The average Bonchev–Trinajstić information content (AvgIpc) is 3.21. The molecule has 1 fully saturated rings. The van der Waals surface area contributed by atoms with Gasteiger partial charge in [-0.1, -0.05) is 12.1 Å². The zero-order valence-electron chi connectivity index (χ0n) is 18.6. The van der Waals surface area contributed by atoms with Crippen LogP contribution in [0.25, 0.3) is 10.9 Å². The molecule has 1 aliphatic heterocycles. The van der Waals surface area contributed by atoms with Crippen molar-refractivity contribution in [1.29, 1.82) is 0 Å². The number of aryl methyl sites for hydroxylation is 2. The fourth-order valence-electron chi connectivity index (χ4n) is 4.20. The highest BCUT2D eigenvalue weighted by molar-refractivity contribution is 5.93. The number of pyridine rings is 1. The number of nitrogens with zero attached hydrogens (tertiary/aromatic N) is 4. The lowest BCUT2D eigenvalue weighted by Crippen LogP contribution is -2.23. The molecule has 0 amide bonds. The molecule has 33 heavy (non-hydrogen) atoms. The molecule has 3 N–H and O–H groups in total. The van der Waals surface area contributed by atoms with E-state index in [1.807, 2.05) is 13.0 Å². The van der Waals surface area contributed by atoms with Crippen LogP contribution in [-0.2, 0) is 5.92 Å². The van der Waals surface area contributed by atoms with Gasteiger partial charge in [-0.05, 0) is 39.3 Å². The van der Waals surface area contributed by atoms with Gasteiger partial charge in [0.15, 0.2) is 5.82 Å². The summed E-state index contributed by atoms with van der Waals surface area (Å²) in [6.07, 6.45) is 0.267. The zero-order valence-corrected chi connectivity index (χ0v) is 18.6. The van der Waals surface area contributed by atoms with Gasteiger partial charge in [-0.3, -0.25) is 0 Å². The quantitative estimate of drug-likeness (QED) is 0.516. The summed E-state index contributed by atoms with van der Waals surface area (Å²) in [5, 5.41) is 31.0. The van der Waals surface area contributed by atoms with Crippen molar-refractivity contribution in [3.8, 4) is 0 Å². The molecule has 1 aliphatic rings. The number of rotatable bonds is 6. The van der Waals surface area contributed by atoms with E-state index in [-0.39, 0.29) is 5.56 Å². The predicted molar refractivity (Wildman–Crippen MR) is 119 cm³/mol. The highest BCUT2D eigenvalue weighted by atomic mass is 19.3. The lowest BCUT2D eigenvalue weighted by molar-refractivity contribution is -0.0583. The van der Waals surface area contributed by atoms with Crippen LogP contribution < -0.4 is 10.2 Å². The Morgan fingerprint density at radius 1 is 1.24 bits per heavy atom. The second-order valence-corrected chi connectivity index (χ2v) is 8.45. The minimum Gasteiger partial charge on any atom is -0.391 e. The van der Waals surface area contributed by atoms with Crippen LogP contribution in [0, 0.1) is 19.7 Å². The number of nitrogens with one attached hydrogen (secondary N) is 1. The Kier molecular flexibility index (Phi) is 6.15. The smallest absolute Gasteiger partial charge is 0.298 e. The number of anilines is 2. The zero-order chi connectivity index (χ0) is 23.9. The molecule has 7 nitrogen and oxygen atoms in total. The van der Waals surface area contributed by atoms with E-state index in [4.69, 9.17) is 10.1 Å². The molecular formula is C23H26F3N5O2. The van der Waals surface area contributed by atoms with Crippen LogP contribution in [-0.4, -0.2) is 51.2 Å². The molecule has 4 rings (SSSR count). The number of fused-ring (bicyclic) bond motifs is 1. The summed E-state index contributed by atoms with van der Waals surface area (Å²) in [6, 6.07) is 4.90. The third-order valence-electron chi connectivity index (χ3n) is 6.03. The summed E-state index contributed by atoms with van der Waals surface area (Å²) in [6.45, 7) is 5.02. The summed E-state index contributed by atoms with van der Waals surface area (Å²) < 4.78 is 42.9. The summed E-state index contributed by atoms with van der Waals surface area (Å²) >= 11 is 0. The first-order valence-corrected chi connectivity index (χ1v) is 10.7. The predicted octanol–water partition coefficient (Wildman–Crippen LogP) is 3.61. The molecule has 0 saturated carbocycles. The highest BCUT2D eigenvalue weighted by Crippen LogP contribution is 2.35. The third-order valence-corrected chi connectivity index (χ3v) is 6.03. The van der Waals surface area contributed by atoms with Crippen LogP contribution in [0.5, 0.6) is 0 Å². The molecule has 0 aliphatic carbocycles. The van der Waals surface area contributed by atoms with Crippen molar-refractivity contribution in [2.75, 3.05) is 29.9 Å². The Morgan fingerprint density at radius 2 is 2.00 bits per heavy atom. The van der Waals surface area contributed by atoms with Gasteiger partial charge in [0.25, 0.3) is 5.92 Å². The second-order valence-electron chi connectivity index (χ2n) is 8.45. The third kappa shape index (κ3) is 4.32. The van der Waals surface area contributed by atoms with E-state index in [0.717, 1.165) is 17.4 Å². The van der Waals surface area contributed by atoms with Crippen LogP contribution >= 0.6 is 0 Å². The van der Waals surface area contributed by atoms with Gasteiger partial charge in [0.05, 0.1) is 40.3 Å². The maximum atomic E-state index is 14.9. The fourth-order valence-corrected chi connectivity index (χ4v) is 4.20. The van der Waals surface area contributed by atoms with E-state index >= 15 is 0 Å². The molecule has 1 aromatic carbocycles. The number of aliphatic hydroxyl groups is 2. The Morgan fingerprint density at radius 3 is 2.67 bits per heavy atom. The van der Waals surface area contributed by atoms with Crippen LogP contribution in [0.15, 0.2) is 24.3 Å². The van der Waals surface area contributed by atoms with Crippen LogP contribution in [0.3, 0.4) is 0 Å². The number of alkyl halides is 2. The van der Waals surface area contributed by atoms with Gasteiger partial charge >= 0.3 is 0 Å². The van der Waals surface area contributed by atoms with E-state index in [0.29, 0.717) is 41.9 Å². The summed E-state index contributed by atoms with van der Waals surface area (Å²) in [5.74, 6) is -4.43. The minimum atomic E-state index is -3.69. The standard InChI is InChI=1S/C23H26F3N5O2/c1-12(16-5-4-6-18(20(16)24)23(25,26)11-32)28-22-17-9-19(31-8-7-15(33)10-31)13(2)27-21(17)14(3)29-30-22/h4-6,9,12,15,32-33H,7-8,10-11H2,1-3H3,(H,28,30)/t12-,15+/m1/s1. The lowest BCUT2D eigenvalue weighted by atomic mass is 10.00. The van der Waals surface area contributed by atoms with Crippen molar-refractivity contribution >= 4 is 22.4 Å². The van der Waals surface area contributed by atoms with Crippen LogP contribution in [0.2, 0.25) is 0 Å². The van der Waals surface area contributed by atoms with Gasteiger partial charge < -0.3 is 20.4 Å². The topological polar surface area (TPSA) is 94.4 Å². The first-order chi connectivity index (χ1) is 15.6. The van der Waals surface area contributed by atoms with E-state index < -0.39 is 36.1 Å². The molecule has 10 heteroatoms. The van der Waals surface area contributed by atoms with Gasteiger partial charge in [-0.25, -0.2) is 9.37 Å². The minimum absolute atomic E-state index is 0.0131. The monoisotopic (exact) mass is 461 g/mol. The van der Waals surface area contributed by atoms with Gasteiger partial charge in [0.2, 0.25) is 0 Å². The normalized spacial score (nSPS) is 17.6. The first-order valence-electron chi connectivity index (χ1n) is 10.7. The maximum Gasteiger partial charge on any atom is 0.298 e. The summed E-state index contributed by atoms with van der Waals surface area (Å²) in [4.78, 5) is 6.74. The highest BCUT2D eigenvalue weighted by Gasteiger charge is 2.35. The molecule has 1 saturated heterocycles. The molecule has 3 aromatic rings. The van der Waals surface area contributed by atoms with Gasteiger partial charge in [-0.2, -0.15) is 13.9 Å². The van der Waals surface area contributed by atoms with Gasteiger partial charge in [-0.15, -0.1) is 5.10 Å². The Labute approximate surface area is 189 Å². The molecule has 2 atom stereocenters. The maximum absolute atomic E-state index is 14.9. The van der Waals surface area contributed by atoms with Gasteiger partial charge in [0.1, 0.15) is 12.4 Å². The number of aliphatic hydroxyl groups excluding tert-OH is 2. The molecule has 176 valence electrons. The molecule has 0 unspecified atom stereocenters. The Hall–Kier alpha value is -2.98. The van der Waals surface area contributed by atoms with E-state index in [1.54, 1.807) is 13.8 Å². The van der Waals surface area contributed by atoms with Gasteiger partial charge in [0, 0.05) is 24.0 Å². The van der Waals surface area contributed by atoms with Crippen molar-refractivity contribution in [3.63, 3.8) is 0 Å². The Balaban J connectivity index is 1.73. The van der Waals surface area contributed by atoms with Crippen molar-refractivity contribution in [3.05, 3.63) is 52.6 Å². The fraction of sp³-hybridized carbons (Fsp3) is 0.435. The van der Waals surface area contributed by atoms with Crippen molar-refractivity contribution in [2.45, 2.75) is 45.3 Å². The SMILES string of the molecule is Cc1nc2c(C)nnc(N[C@H](C)c3cccc(C(F)(F)CO)c3F)c2cc1N1CC[C@H](O)C1. The molecule has 3 heterocycles. The molecule has 0 radical (unpaired) electrons. The Bertz CT molecular complexity index is 1190. The number of hydrogen-bond acceptors (Lipinski definition) is 7. The van der Waals surface area contributed by atoms with Crippen molar-refractivity contribution in [1.82, 2.24) is 15.2 Å². The van der Waals surface area contributed by atoms with Crippen molar-refractivity contribution < 1.29 is 23.4 Å². The van der Waals surface area contributed by atoms with E-state index in [2.05, 4.69) is 20.4 Å². The number of halogens is 3. The number of β-amino-alcohol motifs (C(OH)–C–C–N with tert-alkyl or cyclic N) is 1. The van der Waals surface area contributed by atoms with Crippen LogP contribution in [0.1, 0.15) is 41.9 Å². The van der Waals surface area contributed by atoms with Crippen LogP contribution in [0.4, 0.5) is 24.7 Å². The van der Waals surface area contributed by atoms with Crippen molar-refractivity contribution in [2.24, 2.45) is 0 Å². The lowest BCUT2D eigenvalue weighted by Gasteiger charge is -2.23. The second kappa shape index (κ2) is 8.75. The largest absolute Gasteiger partial charge is 0.391 e. The average molecular weight is 461 g/mol. The summed E-state index contributed by atoms with van der Waals surface area (Å²) in [5.41, 5.74) is 2.05. The summed E-state index contributed by atoms with van der Waals surface area (Å²) in [7, 11) is 0. The first kappa shape index (κ1) is 23.2.